The summed E-state index contributed by atoms with van der Waals surface area (Å²) < 4.78 is 13.3. The summed E-state index contributed by atoms with van der Waals surface area (Å²) in [5, 5.41) is 10.6. The van der Waals surface area contributed by atoms with Crippen LogP contribution in [0, 0.1) is 5.82 Å². The highest BCUT2D eigenvalue weighted by atomic mass is 32.1. The number of hydrazone groups is 1. The summed E-state index contributed by atoms with van der Waals surface area (Å²) in [7, 11) is 0. The first-order valence-electron chi connectivity index (χ1n) is 10.6. The van der Waals surface area contributed by atoms with Gasteiger partial charge in [0.05, 0.1) is 5.69 Å². The second kappa shape index (κ2) is 8.67. The van der Waals surface area contributed by atoms with Crippen molar-refractivity contribution in [3.05, 3.63) is 76.2 Å². The van der Waals surface area contributed by atoms with Crippen molar-refractivity contribution in [1.29, 1.82) is 0 Å². The summed E-state index contributed by atoms with van der Waals surface area (Å²) in [6.45, 7) is 1.85. The van der Waals surface area contributed by atoms with Crippen LogP contribution in [0.3, 0.4) is 0 Å². The van der Waals surface area contributed by atoms with Crippen molar-refractivity contribution in [2.24, 2.45) is 10.8 Å². The van der Waals surface area contributed by atoms with Crippen molar-refractivity contribution in [2.45, 2.75) is 25.4 Å². The zero-order chi connectivity index (χ0) is 22.9. The first-order chi connectivity index (χ1) is 16.0. The number of amides is 2. The molecule has 3 N–H and O–H groups in total. The van der Waals surface area contributed by atoms with Crippen molar-refractivity contribution < 1.29 is 14.0 Å². The van der Waals surface area contributed by atoms with Gasteiger partial charge in [-0.2, -0.15) is 5.10 Å². The Labute approximate surface area is 194 Å². The van der Waals surface area contributed by atoms with Gasteiger partial charge in [-0.1, -0.05) is 0 Å². The number of nitrogens with zero attached hydrogens (tertiary/aromatic N) is 3. The average Bonchev–Trinajstić information content (AvgIpc) is 3.47. The molecule has 1 aromatic heterocycles. The standard InChI is InChI=1S/C24H22FN5O2S/c25-16-1-5-19(6-2-16)30-21(23(26)31)13-20(28-30)24(32)27-17-3-7-18(8-4-17)29-11-9-22-15(14-29)10-12-33-22/h1-8,10,12,21H,9,11,13-14H2,(H2,26,31)(H,27,32). The van der Waals surface area contributed by atoms with Crippen LogP contribution in [0.25, 0.3) is 0 Å². The minimum absolute atomic E-state index is 0.0768. The average molecular weight is 464 g/mol. The van der Waals surface area contributed by atoms with Crippen LogP contribution < -0.4 is 21.0 Å². The third-order valence-electron chi connectivity index (χ3n) is 5.89. The fraction of sp³-hybridized carbons (Fsp3) is 0.208. The number of carbonyl (C=O) groups excluding carboxylic acids is 2. The number of nitrogens with two attached hydrogens (primary N) is 1. The topological polar surface area (TPSA) is 91.0 Å². The minimum Gasteiger partial charge on any atom is -0.368 e. The quantitative estimate of drug-likeness (QED) is 0.606. The van der Waals surface area contributed by atoms with E-state index in [1.54, 1.807) is 0 Å². The predicted octanol–water partition coefficient (Wildman–Crippen LogP) is 3.51. The first kappa shape index (κ1) is 21.1. The number of halogens is 1. The highest BCUT2D eigenvalue weighted by Crippen LogP contribution is 2.29. The highest BCUT2D eigenvalue weighted by Gasteiger charge is 2.35. The number of nitrogens with one attached hydrogen (secondary N) is 1. The maximum Gasteiger partial charge on any atom is 0.271 e. The van der Waals surface area contributed by atoms with Crippen molar-refractivity contribution >= 4 is 45.9 Å². The SMILES string of the molecule is NC(=O)C1CC(C(=O)Nc2ccc(N3CCc4sccc4C3)cc2)=NN1c1ccc(F)cc1. The van der Waals surface area contributed by atoms with Gasteiger partial charge in [-0.25, -0.2) is 4.39 Å². The van der Waals surface area contributed by atoms with Gasteiger partial charge in [0.1, 0.15) is 17.6 Å². The molecule has 0 spiro atoms. The van der Waals surface area contributed by atoms with Crippen LogP contribution in [0.15, 0.2) is 65.1 Å². The van der Waals surface area contributed by atoms with E-state index < -0.39 is 23.7 Å². The summed E-state index contributed by atoms with van der Waals surface area (Å²) in [4.78, 5) is 28.5. The van der Waals surface area contributed by atoms with Crippen LogP contribution in [0.4, 0.5) is 21.5 Å². The molecule has 5 rings (SSSR count). The molecule has 33 heavy (non-hydrogen) atoms. The molecule has 9 heteroatoms. The van der Waals surface area contributed by atoms with E-state index in [4.69, 9.17) is 5.73 Å². The Morgan fingerprint density at radius 2 is 1.79 bits per heavy atom. The van der Waals surface area contributed by atoms with Crippen molar-refractivity contribution in [2.75, 3.05) is 21.8 Å². The summed E-state index contributed by atoms with van der Waals surface area (Å²) in [6, 6.07) is 14.6. The third-order valence-corrected chi connectivity index (χ3v) is 6.91. The molecule has 2 aromatic carbocycles. The van der Waals surface area contributed by atoms with E-state index in [1.165, 1.54) is 39.7 Å². The Hall–Kier alpha value is -3.72. The Bertz CT molecular complexity index is 1220. The molecule has 1 unspecified atom stereocenters. The van der Waals surface area contributed by atoms with E-state index in [0.717, 1.165) is 25.2 Å². The minimum atomic E-state index is -0.806. The number of fused-ring (bicyclic) bond motifs is 1. The second-order valence-electron chi connectivity index (χ2n) is 8.03. The highest BCUT2D eigenvalue weighted by molar-refractivity contribution is 7.10. The van der Waals surface area contributed by atoms with E-state index >= 15 is 0 Å². The van der Waals surface area contributed by atoms with E-state index in [2.05, 4.69) is 26.8 Å². The lowest BCUT2D eigenvalue weighted by molar-refractivity contribution is -0.119. The number of hydrogen-bond donors (Lipinski definition) is 2. The van der Waals surface area contributed by atoms with Gasteiger partial charge in [0.2, 0.25) is 5.91 Å². The lowest BCUT2D eigenvalue weighted by Crippen LogP contribution is -2.39. The number of benzene rings is 2. The zero-order valence-corrected chi connectivity index (χ0v) is 18.5. The maximum atomic E-state index is 13.3. The van der Waals surface area contributed by atoms with Crippen LogP contribution in [-0.4, -0.2) is 30.1 Å². The number of rotatable bonds is 5. The monoisotopic (exact) mass is 463 g/mol. The van der Waals surface area contributed by atoms with Crippen molar-refractivity contribution in [1.82, 2.24) is 0 Å². The molecule has 0 saturated heterocycles. The lowest BCUT2D eigenvalue weighted by atomic mass is 10.1. The fourth-order valence-electron chi connectivity index (χ4n) is 4.13. The normalized spacial score (nSPS) is 17.5. The smallest absolute Gasteiger partial charge is 0.271 e. The molecule has 3 heterocycles. The number of primary amides is 1. The van der Waals surface area contributed by atoms with E-state index in [0.29, 0.717) is 11.4 Å². The van der Waals surface area contributed by atoms with Gasteiger partial charge in [0, 0.05) is 35.8 Å². The molecular formula is C24H22FN5O2S. The summed E-state index contributed by atoms with van der Waals surface area (Å²) in [5.74, 6) is -1.41. The molecule has 0 bridgehead atoms. The van der Waals surface area contributed by atoms with Crippen LogP contribution in [0.2, 0.25) is 0 Å². The van der Waals surface area contributed by atoms with Crippen LogP contribution >= 0.6 is 11.3 Å². The largest absolute Gasteiger partial charge is 0.368 e. The Morgan fingerprint density at radius 1 is 1.06 bits per heavy atom. The summed E-state index contributed by atoms with van der Waals surface area (Å²) in [5.41, 5.74) is 9.30. The molecule has 168 valence electrons. The molecule has 0 radical (unpaired) electrons. The Morgan fingerprint density at radius 3 is 2.52 bits per heavy atom. The molecule has 2 aliphatic heterocycles. The van der Waals surface area contributed by atoms with Gasteiger partial charge in [-0.15, -0.1) is 11.3 Å². The number of anilines is 3. The van der Waals surface area contributed by atoms with Crippen LogP contribution in [-0.2, 0) is 22.6 Å². The van der Waals surface area contributed by atoms with E-state index in [1.807, 2.05) is 35.6 Å². The summed E-state index contributed by atoms with van der Waals surface area (Å²) >= 11 is 1.81. The Kier molecular flexibility index (Phi) is 5.55. The van der Waals surface area contributed by atoms with Crippen molar-refractivity contribution in [3.8, 4) is 0 Å². The first-order valence-corrected chi connectivity index (χ1v) is 11.5. The van der Waals surface area contributed by atoms with Gasteiger partial charge >= 0.3 is 0 Å². The van der Waals surface area contributed by atoms with Crippen LogP contribution in [0.1, 0.15) is 16.9 Å². The van der Waals surface area contributed by atoms with Crippen LogP contribution in [0.5, 0.6) is 0 Å². The molecular weight excluding hydrogens is 441 g/mol. The van der Waals surface area contributed by atoms with Gasteiger partial charge in [0.15, 0.2) is 0 Å². The molecule has 7 nitrogen and oxygen atoms in total. The molecule has 0 saturated carbocycles. The van der Waals surface area contributed by atoms with Gasteiger partial charge in [-0.05, 0) is 72.0 Å². The Balaban J connectivity index is 1.27. The lowest BCUT2D eigenvalue weighted by Gasteiger charge is -2.29. The van der Waals surface area contributed by atoms with E-state index in [-0.39, 0.29) is 12.1 Å². The zero-order valence-electron chi connectivity index (χ0n) is 17.7. The predicted molar refractivity (Wildman–Crippen MR) is 128 cm³/mol. The number of carbonyl (C=O) groups is 2. The summed E-state index contributed by atoms with van der Waals surface area (Å²) in [6.07, 6.45) is 1.12. The molecule has 1 atom stereocenters. The maximum absolute atomic E-state index is 13.3. The van der Waals surface area contributed by atoms with Crippen molar-refractivity contribution in [3.63, 3.8) is 0 Å². The molecule has 2 aliphatic rings. The number of hydrogen-bond acceptors (Lipinski definition) is 6. The molecule has 0 fully saturated rings. The van der Waals surface area contributed by atoms with Gasteiger partial charge in [-0.3, -0.25) is 14.6 Å². The van der Waals surface area contributed by atoms with Gasteiger partial charge in [0.25, 0.3) is 5.91 Å². The molecule has 0 aliphatic carbocycles. The second-order valence-corrected chi connectivity index (χ2v) is 9.03. The van der Waals surface area contributed by atoms with Gasteiger partial charge < -0.3 is 16.0 Å². The third kappa shape index (κ3) is 4.31. The number of thiophene rings is 1. The molecule has 2 amide bonds. The molecule has 3 aromatic rings. The van der Waals surface area contributed by atoms with E-state index in [9.17, 15) is 14.0 Å². The fourth-order valence-corrected chi connectivity index (χ4v) is 5.02.